The van der Waals surface area contributed by atoms with Crippen LogP contribution in [-0.2, 0) is 4.79 Å². The Labute approximate surface area is 174 Å². The second kappa shape index (κ2) is 8.61. The van der Waals surface area contributed by atoms with Crippen LogP contribution < -0.4 is 5.32 Å². The van der Waals surface area contributed by atoms with Crippen LogP contribution in [0.1, 0.15) is 5.76 Å². The number of para-hydroxylation sites is 1. The molecule has 0 saturated heterocycles. The first-order valence-corrected chi connectivity index (χ1v) is 8.86. The van der Waals surface area contributed by atoms with Gasteiger partial charge in [0.05, 0.1) is 21.2 Å². The number of furan rings is 1. The first-order chi connectivity index (χ1) is 13.9. The van der Waals surface area contributed by atoms with E-state index in [0.717, 1.165) is 0 Å². The summed E-state index contributed by atoms with van der Waals surface area (Å²) in [6, 6.07) is 15.6. The van der Waals surface area contributed by atoms with E-state index < -0.39 is 10.8 Å². The second-order valence-electron chi connectivity index (χ2n) is 5.72. The van der Waals surface area contributed by atoms with Gasteiger partial charge in [-0.3, -0.25) is 14.9 Å². The van der Waals surface area contributed by atoms with Crippen molar-refractivity contribution in [2.75, 3.05) is 5.32 Å². The van der Waals surface area contributed by atoms with E-state index in [1.54, 1.807) is 30.3 Å². The highest BCUT2D eigenvalue weighted by atomic mass is 35.5. The van der Waals surface area contributed by atoms with Gasteiger partial charge >= 0.3 is 0 Å². The van der Waals surface area contributed by atoms with Gasteiger partial charge < -0.3 is 9.73 Å². The number of nitriles is 1. The summed E-state index contributed by atoms with van der Waals surface area (Å²) < 4.78 is 5.58. The molecule has 3 rings (SSSR count). The Hall–Kier alpha value is -3.60. The molecule has 29 heavy (non-hydrogen) atoms. The third-order valence-electron chi connectivity index (χ3n) is 3.82. The lowest BCUT2D eigenvalue weighted by molar-refractivity contribution is -0.384. The lowest BCUT2D eigenvalue weighted by Gasteiger charge is -2.05. The number of nitro benzene ring substituents is 1. The number of hydrogen-bond acceptors (Lipinski definition) is 5. The van der Waals surface area contributed by atoms with Gasteiger partial charge in [-0.15, -0.1) is 0 Å². The van der Waals surface area contributed by atoms with Crippen LogP contribution in [0.3, 0.4) is 0 Å². The van der Waals surface area contributed by atoms with Crippen LogP contribution in [-0.4, -0.2) is 10.8 Å². The number of nitrogens with one attached hydrogen (secondary N) is 1. The molecular formula is C20H11Cl2N3O4. The Morgan fingerprint density at radius 3 is 2.62 bits per heavy atom. The van der Waals surface area contributed by atoms with Gasteiger partial charge in [0.1, 0.15) is 23.2 Å². The van der Waals surface area contributed by atoms with Crippen molar-refractivity contribution in [3.63, 3.8) is 0 Å². The topological polar surface area (TPSA) is 109 Å². The number of nitrogens with zero attached hydrogens (tertiary/aromatic N) is 2. The molecule has 0 aliphatic heterocycles. The maximum atomic E-state index is 12.4. The van der Waals surface area contributed by atoms with Crippen LogP contribution in [0.5, 0.6) is 0 Å². The van der Waals surface area contributed by atoms with Crippen molar-refractivity contribution in [2.45, 2.75) is 0 Å². The molecule has 2 aromatic carbocycles. The van der Waals surface area contributed by atoms with Crippen molar-refractivity contribution in [3.05, 3.63) is 86.1 Å². The van der Waals surface area contributed by atoms with Gasteiger partial charge in [-0.05, 0) is 36.4 Å². The highest BCUT2D eigenvalue weighted by Crippen LogP contribution is 2.33. The molecule has 0 unspecified atom stereocenters. The van der Waals surface area contributed by atoms with Crippen LogP contribution in [0, 0.1) is 21.4 Å². The number of benzene rings is 2. The first-order valence-electron chi connectivity index (χ1n) is 8.11. The summed E-state index contributed by atoms with van der Waals surface area (Å²) in [5, 5.41) is 23.7. The molecular weight excluding hydrogens is 417 g/mol. The number of carbonyl (C=O) groups excluding carboxylic acids is 1. The fourth-order valence-corrected chi connectivity index (χ4v) is 2.83. The van der Waals surface area contributed by atoms with Gasteiger partial charge in [-0.1, -0.05) is 35.3 Å². The quantitative estimate of drug-likeness (QED) is 0.242. The van der Waals surface area contributed by atoms with Gasteiger partial charge in [0.15, 0.2) is 0 Å². The van der Waals surface area contributed by atoms with Crippen molar-refractivity contribution < 1.29 is 14.1 Å². The third kappa shape index (κ3) is 4.63. The van der Waals surface area contributed by atoms with Crippen molar-refractivity contribution in [1.29, 1.82) is 5.26 Å². The molecule has 9 heteroatoms. The lowest BCUT2D eigenvalue weighted by atomic mass is 10.1. The second-order valence-corrected chi connectivity index (χ2v) is 6.57. The Balaban J connectivity index is 1.89. The zero-order valence-electron chi connectivity index (χ0n) is 14.6. The van der Waals surface area contributed by atoms with Gasteiger partial charge in [0.25, 0.3) is 11.6 Å². The summed E-state index contributed by atoms with van der Waals surface area (Å²) in [5.41, 5.74) is 0.131. The van der Waals surface area contributed by atoms with E-state index in [1.807, 2.05) is 0 Å². The Morgan fingerprint density at radius 2 is 1.93 bits per heavy atom. The maximum absolute atomic E-state index is 12.4. The summed E-state index contributed by atoms with van der Waals surface area (Å²) in [6.07, 6.45) is 1.23. The number of nitro groups is 1. The van der Waals surface area contributed by atoms with Crippen LogP contribution >= 0.6 is 23.2 Å². The number of rotatable bonds is 5. The van der Waals surface area contributed by atoms with Crippen LogP contribution in [0.25, 0.3) is 17.4 Å². The molecule has 1 N–H and O–H groups in total. The normalized spacial score (nSPS) is 11.0. The molecule has 0 saturated carbocycles. The molecule has 1 aromatic heterocycles. The number of amides is 1. The van der Waals surface area contributed by atoms with Gasteiger partial charge in [0, 0.05) is 17.2 Å². The fourth-order valence-electron chi connectivity index (χ4n) is 2.48. The summed E-state index contributed by atoms with van der Waals surface area (Å²) in [5.74, 6) is -0.297. The number of halogens is 2. The minimum absolute atomic E-state index is 0.176. The standard InChI is InChI=1S/C20H11Cl2N3O4/c21-13-5-7-15(18(10-13)25(27)28)19-8-6-14(29-19)9-12(11-23)20(26)24-17-4-2-1-3-16(17)22/h1-10H,(H,24,26)/b12-9+. The average molecular weight is 428 g/mol. The summed E-state index contributed by atoms with van der Waals surface area (Å²) in [7, 11) is 0. The summed E-state index contributed by atoms with van der Waals surface area (Å²) >= 11 is 11.8. The Bertz CT molecular complexity index is 1180. The predicted octanol–water partition coefficient (Wildman–Crippen LogP) is 5.71. The molecule has 0 spiro atoms. The molecule has 0 aliphatic rings. The Kier molecular flexibility index (Phi) is 5.98. The van der Waals surface area contributed by atoms with E-state index in [4.69, 9.17) is 27.6 Å². The van der Waals surface area contributed by atoms with Gasteiger partial charge in [-0.25, -0.2) is 0 Å². The molecule has 3 aromatic rings. The number of anilines is 1. The molecule has 144 valence electrons. The minimum Gasteiger partial charge on any atom is -0.456 e. The lowest BCUT2D eigenvalue weighted by Crippen LogP contribution is -2.13. The number of carbonyl (C=O) groups is 1. The monoisotopic (exact) mass is 427 g/mol. The summed E-state index contributed by atoms with van der Waals surface area (Å²) in [4.78, 5) is 23.0. The fraction of sp³-hybridized carbons (Fsp3) is 0. The third-order valence-corrected chi connectivity index (χ3v) is 4.39. The minimum atomic E-state index is -0.670. The highest BCUT2D eigenvalue weighted by molar-refractivity contribution is 6.34. The molecule has 0 bridgehead atoms. The van der Waals surface area contributed by atoms with Crippen molar-refractivity contribution in [2.24, 2.45) is 0 Å². The van der Waals surface area contributed by atoms with Crippen molar-refractivity contribution >= 4 is 46.6 Å². The van der Waals surface area contributed by atoms with Gasteiger partial charge in [-0.2, -0.15) is 5.26 Å². The van der Waals surface area contributed by atoms with E-state index in [1.165, 1.54) is 36.4 Å². The van der Waals surface area contributed by atoms with Crippen molar-refractivity contribution in [1.82, 2.24) is 0 Å². The van der Waals surface area contributed by atoms with E-state index in [0.29, 0.717) is 10.7 Å². The molecule has 1 heterocycles. The summed E-state index contributed by atoms with van der Waals surface area (Å²) in [6.45, 7) is 0. The average Bonchev–Trinajstić information content (AvgIpc) is 3.16. The smallest absolute Gasteiger partial charge is 0.281 e. The maximum Gasteiger partial charge on any atom is 0.281 e. The highest BCUT2D eigenvalue weighted by Gasteiger charge is 2.19. The molecule has 7 nitrogen and oxygen atoms in total. The van der Waals surface area contributed by atoms with E-state index in [-0.39, 0.29) is 33.4 Å². The van der Waals surface area contributed by atoms with Gasteiger partial charge in [0.2, 0.25) is 0 Å². The van der Waals surface area contributed by atoms with E-state index in [9.17, 15) is 20.2 Å². The van der Waals surface area contributed by atoms with Crippen LogP contribution in [0.15, 0.2) is 64.6 Å². The molecule has 0 atom stereocenters. The van der Waals surface area contributed by atoms with Crippen LogP contribution in [0.4, 0.5) is 11.4 Å². The van der Waals surface area contributed by atoms with Crippen LogP contribution in [0.2, 0.25) is 10.0 Å². The SMILES string of the molecule is N#C/C(=C\c1ccc(-c2ccc(Cl)cc2[N+](=O)[O-])o1)C(=O)Nc1ccccc1Cl. The zero-order valence-corrected chi connectivity index (χ0v) is 16.1. The molecule has 0 fully saturated rings. The zero-order chi connectivity index (χ0) is 21.0. The van der Waals surface area contributed by atoms with E-state index in [2.05, 4.69) is 5.32 Å². The predicted molar refractivity (Wildman–Crippen MR) is 109 cm³/mol. The molecule has 1 amide bonds. The van der Waals surface area contributed by atoms with E-state index >= 15 is 0 Å². The molecule has 0 aliphatic carbocycles. The molecule has 0 radical (unpaired) electrons. The largest absolute Gasteiger partial charge is 0.456 e. The van der Waals surface area contributed by atoms with Crippen molar-refractivity contribution in [3.8, 4) is 17.4 Å². The Morgan fingerprint density at radius 1 is 1.17 bits per heavy atom. The number of hydrogen-bond donors (Lipinski definition) is 1. The first kappa shape index (κ1) is 20.1.